The highest BCUT2D eigenvalue weighted by atomic mass is 32.2. The molecule has 10 heteroatoms. The summed E-state index contributed by atoms with van der Waals surface area (Å²) in [7, 11) is -4.48. The second-order valence-electron chi connectivity index (χ2n) is 1.79. The van der Waals surface area contributed by atoms with E-state index in [9.17, 15) is 13.2 Å². The third-order valence-corrected chi connectivity index (χ3v) is 3.38. The lowest BCUT2D eigenvalue weighted by Crippen LogP contribution is -2.34. The monoisotopic (exact) mass is 272 g/mol. The fourth-order valence-electron chi connectivity index (χ4n) is 0.565. The highest BCUT2D eigenvalue weighted by Gasteiger charge is 2.35. The zero-order chi connectivity index (χ0) is 11.4. The van der Waals surface area contributed by atoms with Crippen molar-refractivity contribution >= 4 is 61.9 Å². The summed E-state index contributed by atoms with van der Waals surface area (Å²) in [6.45, 7) is 0. The van der Waals surface area contributed by atoms with Crippen LogP contribution in [0, 0.1) is 5.41 Å². The van der Waals surface area contributed by atoms with Gasteiger partial charge in [0.2, 0.25) is 0 Å². The van der Waals surface area contributed by atoms with Crippen LogP contribution in [0.5, 0.6) is 0 Å². The molecule has 78 valence electrons. The molecule has 0 unspecified atom stereocenters. The Morgan fingerprint density at radius 2 is 2.07 bits per heavy atom. The molecule has 1 heterocycles. The Balaban J connectivity index is 0.000000500. The van der Waals surface area contributed by atoms with E-state index in [2.05, 4.69) is 24.4 Å². The van der Waals surface area contributed by atoms with Crippen molar-refractivity contribution in [2.75, 3.05) is 5.75 Å². The topological polar surface area (TPSA) is 98.5 Å². The number of nitrogens with one attached hydrogen (secondary N) is 1. The van der Waals surface area contributed by atoms with Crippen LogP contribution in [0.2, 0.25) is 0 Å². The predicted octanol–water partition coefficient (Wildman–Crippen LogP) is 0.317. The first-order valence-corrected chi connectivity index (χ1v) is 6.05. The van der Waals surface area contributed by atoms with Gasteiger partial charge in [0.25, 0.3) is 5.91 Å². The molecule has 1 amide bonds. The minimum Gasteiger partial charge on any atom is -0.272 e. The quantitative estimate of drug-likeness (QED) is 0.403. The van der Waals surface area contributed by atoms with Crippen LogP contribution in [0.15, 0.2) is 0 Å². The van der Waals surface area contributed by atoms with E-state index >= 15 is 0 Å². The van der Waals surface area contributed by atoms with Crippen molar-refractivity contribution < 1.29 is 17.8 Å². The second kappa shape index (κ2) is 5.49. The largest absolute Gasteiger partial charge is 0.367 e. The van der Waals surface area contributed by atoms with E-state index in [0.29, 0.717) is 0 Å². The Morgan fingerprint density at radius 1 is 1.64 bits per heavy atom. The van der Waals surface area contributed by atoms with Gasteiger partial charge in [0.05, 0.1) is 10.9 Å². The Labute approximate surface area is 95.0 Å². The van der Waals surface area contributed by atoms with Gasteiger partial charge in [0.15, 0.2) is 4.32 Å². The van der Waals surface area contributed by atoms with Crippen molar-refractivity contribution in [1.29, 1.82) is 5.41 Å². The molecule has 1 fully saturated rings. The molecule has 1 aliphatic heterocycles. The van der Waals surface area contributed by atoms with Crippen LogP contribution in [0.4, 0.5) is 0 Å². The molecule has 1 aliphatic rings. The molecule has 0 radical (unpaired) electrons. The number of hydrogen-bond acceptors (Lipinski definition) is 7. The number of amides is 1. The van der Waals surface area contributed by atoms with Crippen LogP contribution in [0.25, 0.3) is 0 Å². The van der Waals surface area contributed by atoms with Crippen molar-refractivity contribution in [3.8, 4) is 0 Å². The van der Waals surface area contributed by atoms with Gasteiger partial charge >= 0.3 is 10.3 Å². The molecule has 1 rings (SSSR count). The molecule has 0 bridgehead atoms. The van der Waals surface area contributed by atoms with E-state index in [4.69, 9.17) is 9.96 Å². The number of nitrogens with zero attached hydrogens (tertiary/aromatic N) is 1. The van der Waals surface area contributed by atoms with Gasteiger partial charge < -0.3 is 0 Å². The first kappa shape index (κ1) is 13.6. The zero-order valence-electron chi connectivity index (χ0n) is 6.46. The lowest BCUT2D eigenvalue weighted by atomic mass is 10.7. The Bertz CT molecular complexity index is 366. The lowest BCUT2D eigenvalue weighted by Gasteiger charge is -2.08. The highest BCUT2D eigenvalue weighted by Crippen LogP contribution is 2.21. The summed E-state index contributed by atoms with van der Waals surface area (Å²) in [6, 6.07) is 0. The van der Waals surface area contributed by atoms with Crippen molar-refractivity contribution in [2.24, 2.45) is 0 Å². The normalized spacial score (nSPS) is 15.9. The molecule has 0 spiro atoms. The van der Waals surface area contributed by atoms with Gasteiger partial charge in [0, 0.05) is 0 Å². The molecule has 0 saturated carbocycles. The van der Waals surface area contributed by atoms with Crippen LogP contribution < -0.4 is 0 Å². The number of carbonyl (C=O) groups excluding carboxylic acids is 1. The van der Waals surface area contributed by atoms with Crippen LogP contribution in [0.3, 0.4) is 0 Å². The third kappa shape index (κ3) is 3.78. The molecule has 14 heavy (non-hydrogen) atoms. The molecule has 0 aromatic rings. The van der Waals surface area contributed by atoms with E-state index in [1.807, 2.05) is 0 Å². The molecule has 2 N–H and O–H groups in total. The molecule has 1 saturated heterocycles. The fraction of sp³-hybridized carbons (Fsp3) is 0.250. The van der Waals surface area contributed by atoms with E-state index < -0.39 is 16.2 Å². The van der Waals surface area contributed by atoms with Gasteiger partial charge in [0.1, 0.15) is 0 Å². The molecule has 0 aliphatic carbocycles. The zero-order valence-corrected chi connectivity index (χ0v) is 9.73. The average Bonchev–Trinajstić information content (AvgIpc) is 2.30. The van der Waals surface area contributed by atoms with E-state index in [1.165, 1.54) is 0 Å². The molecule has 6 nitrogen and oxygen atoms in total. The summed E-state index contributed by atoms with van der Waals surface area (Å²) in [5.74, 6) is -0.735. The van der Waals surface area contributed by atoms with Crippen LogP contribution in [0.1, 0.15) is 0 Å². The second-order valence-corrected chi connectivity index (χ2v) is 4.87. The summed E-state index contributed by atoms with van der Waals surface area (Å²) in [6.07, 6.45) is 0. The average molecular weight is 272 g/mol. The van der Waals surface area contributed by atoms with Gasteiger partial charge in [-0.05, 0) is 12.2 Å². The van der Waals surface area contributed by atoms with E-state index in [0.717, 1.165) is 11.8 Å². The maximum Gasteiger partial charge on any atom is 0.367 e. The van der Waals surface area contributed by atoms with Crippen molar-refractivity contribution in [3.63, 3.8) is 0 Å². The smallest absolute Gasteiger partial charge is 0.272 e. The number of thioether (sulfide) groups is 1. The van der Waals surface area contributed by atoms with Crippen LogP contribution in [-0.4, -0.2) is 38.4 Å². The van der Waals surface area contributed by atoms with Crippen LogP contribution >= 0.6 is 36.2 Å². The van der Waals surface area contributed by atoms with Gasteiger partial charge in [-0.15, -0.1) is 0 Å². The number of thiocarbonyl (C=S) groups is 2. The summed E-state index contributed by atoms with van der Waals surface area (Å²) in [5, 5.41) is 7.36. The molecule has 0 aromatic carbocycles. The van der Waals surface area contributed by atoms with Crippen molar-refractivity contribution in [2.45, 2.75) is 0 Å². The Hall–Kier alpha value is -0.380. The first-order valence-electron chi connectivity index (χ1n) is 2.85. The van der Waals surface area contributed by atoms with Gasteiger partial charge in [-0.3, -0.25) is 9.35 Å². The summed E-state index contributed by atoms with van der Waals surface area (Å²) in [5.41, 5.74) is 0. The predicted molar refractivity (Wildman–Crippen MR) is 58.8 cm³/mol. The highest BCUT2D eigenvalue weighted by molar-refractivity contribution is 8.25. The number of carbonyl (C=O) groups is 1. The van der Waals surface area contributed by atoms with Gasteiger partial charge in [-0.1, -0.05) is 24.0 Å². The fourth-order valence-corrected chi connectivity index (χ4v) is 2.75. The Morgan fingerprint density at radius 3 is 2.21 bits per heavy atom. The molecular weight excluding hydrogens is 268 g/mol. The van der Waals surface area contributed by atoms with Crippen molar-refractivity contribution in [1.82, 2.24) is 4.31 Å². The van der Waals surface area contributed by atoms with Gasteiger partial charge in [-0.25, -0.2) is 5.41 Å². The Kier molecular flexibility index (Phi) is 5.34. The molecule has 0 atom stereocenters. The third-order valence-electron chi connectivity index (χ3n) is 0.942. The van der Waals surface area contributed by atoms with Gasteiger partial charge in [-0.2, -0.15) is 12.7 Å². The molecular formula is C4H4N2O4S4. The number of hydrogen-bond donors (Lipinski definition) is 2. The SMILES string of the molecule is N=C=S.O=C1CSC(=S)N1S(=O)(=O)O. The summed E-state index contributed by atoms with van der Waals surface area (Å²) < 4.78 is 29.4. The summed E-state index contributed by atoms with van der Waals surface area (Å²) in [4.78, 5) is 10.7. The minimum absolute atomic E-state index is 0.0291. The van der Waals surface area contributed by atoms with Crippen molar-refractivity contribution in [3.05, 3.63) is 0 Å². The van der Waals surface area contributed by atoms with E-state index in [1.54, 1.807) is 5.16 Å². The number of isothiocyanates is 1. The molecule has 0 aromatic heterocycles. The minimum atomic E-state index is -4.48. The first-order chi connectivity index (χ1) is 6.34. The lowest BCUT2D eigenvalue weighted by molar-refractivity contribution is -0.120. The van der Waals surface area contributed by atoms with E-state index in [-0.39, 0.29) is 14.4 Å². The standard InChI is InChI=1S/C3H3NO4S3.CHNS/c5-2-1-10-3(9)4(2)11(6,7)8;2-1-3/h1H2,(H,6,7,8);2H. The number of rotatable bonds is 1. The summed E-state index contributed by atoms with van der Waals surface area (Å²) >= 11 is 9.21. The maximum absolute atomic E-state index is 10.7. The maximum atomic E-state index is 10.7. The van der Waals surface area contributed by atoms with Crippen LogP contribution in [-0.2, 0) is 15.1 Å².